The molecule has 2 unspecified atom stereocenters. The van der Waals surface area contributed by atoms with Gasteiger partial charge in [-0.05, 0) is 31.5 Å². The van der Waals surface area contributed by atoms with Crippen LogP contribution in [0.4, 0.5) is 0 Å². The number of nitrogens with zero attached hydrogens (tertiary/aromatic N) is 2. The smallest absolute Gasteiger partial charge is 0.239 e. The summed E-state index contributed by atoms with van der Waals surface area (Å²) in [5.41, 5.74) is 1.10. The zero-order chi connectivity index (χ0) is 15.4. The Morgan fingerprint density at radius 3 is 2.38 bits per heavy atom. The highest BCUT2D eigenvalue weighted by Gasteiger charge is 2.27. The van der Waals surface area contributed by atoms with E-state index in [0.717, 1.165) is 31.7 Å². The van der Waals surface area contributed by atoms with Crippen LogP contribution in [0.3, 0.4) is 0 Å². The Kier molecular flexibility index (Phi) is 5.62. The fourth-order valence-electron chi connectivity index (χ4n) is 2.68. The lowest BCUT2D eigenvalue weighted by atomic mass is 10.1. The fraction of sp³-hybridized carbons (Fsp3) is 0.562. The van der Waals surface area contributed by atoms with Gasteiger partial charge in [-0.2, -0.15) is 0 Å². The third kappa shape index (κ3) is 3.96. The molecular formula is C16H24ClN3O. The summed E-state index contributed by atoms with van der Waals surface area (Å²) in [7, 11) is 1.88. The van der Waals surface area contributed by atoms with E-state index in [9.17, 15) is 4.79 Å². The van der Waals surface area contributed by atoms with E-state index in [1.165, 1.54) is 0 Å². The van der Waals surface area contributed by atoms with Gasteiger partial charge < -0.3 is 10.2 Å². The Morgan fingerprint density at radius 1 is 1.24 bits per heavy atom. The molecule has 4 nitrogen and oxygen atoms in total. The highest BCUT2D eigenvalue weighted by atomic mass is 35.5. The van der Waals surface area contributed by atoms with Gasteiger partial charge in [-0.25, -0.2) is 0 Å². The van der Waals surface area contributed by atoms with Crippen molar-refractivity contribution in [1.82, 2.24) is 15.1 Å². The first kappa shape index (κ1) is 16.3. The van der Waals surface area contributed by atoms with Gasteiger partial charge in [-0.15, -0.1) is 0 Å². The van der Waals surface area contributed by atoms with E-state index in [4.69, 9.17) is 11.6 Å². The van der Waals surface area contributed by atoms with Crippen LogP contribution in [0.2, 0.25) is 5.02 Å². The molecule has 0 radical (unpaired) electrons. The van der Waals surface area contributed by atoms with Crippen LogP contribution in [0.1, 0.15) is 25.5 Å². The van der Waals surface area contributed by atoms with E-state index in [1.54, 1.807) is 0 Å². The highest BCUT2D eigenvalue weighted by molar-refractivity contribution is 6.30. The molecule has 1 aliphatic heterocycles. The first-order valence-corrected chi connectivity index (χ1v) is 7.85. The zero-order valence-electron chi connectivity index (χ0n) is 13.0. The summed E-state index contributed by atoms with van der Waals surface area (Å²) < 4.78 is 0. The Labute approximate surface area is 132 Å². The zero-order valence-corrected chi connectivity index (χ0v) is 13.7. The molecule has 2 atom stereocenters. The van der Waals surface area contributed by atoms with Gasteiger partial charge in [0.25, 0.3) is 0 Å². The molecule has 5 heteroatoms. The number of carbonyl (C=O) groups excluding carboxylic acids is 1. The maximum Gasteiger partial charge on any atom is 0.239 e. The minimum absolute atomic E-state index is 0.0418. The first-order chi connectivity index (χ1) is 10.0. The molecule has 1 saturated heterocycles. The largest absolute Gasteiger partial charge is 0.338 e. The Balaban J connectivity index is 2.01. The number of hydrogen-bond donors (Lipinski definition) is 1. The first-order valence-electron chi connectivity index (χ1n) is 7.47. The molecule has 1 N–H and O–H groups in total. The normalized spacial score (nSPS) is 19.0. The topological polar surface area (TPSA) is 35.6 Å². The Hall–Kier alpha value is -1.10. The van der Waals surface area contributed by atoms with Crippen molar-refractivity contribution in [2.45, 2.75) is 25.9 Å². The minimum atomic E-state index is -0.0770. The third-order valence-corrected chi connectivity index (χ3v) is 4.59. The molecule has 0 saturated carbocycles. The van der Waals surface area contributed by atoms with E-state index >= 15 is 0 Å². The number of amides is 1. The predicted octanol–water partition coefficient (Wildman–Crippen LogP) is 2.15. The van der Waals surface area contributed by atoms with Crippen LogP contribution in [0.25, 0.3) is 0 Å². The fourth-order valence-corrected chi connectivity index (χ4v) is 2.80. The maximum absolute atomic E-state index is 12.7. The summed E-state index contributed by atoms with van der Waals surface area (Å²) in [4.78, 5) is 16.7. The average molecular weight is 310 g/mol. The van der Waals surface area contributed by atoms with E-state index < -0.39 is 0 Å². The number of halogens is 1. The van der Waals surface area contributed by atoms with Gasteiger partial charge in [-0.1, -0.05) is 23.7 Å². The summed E-state index contributed by atoms with van der Waals surface area (Å²) in [6, 6.07) is 7.65. The molecule has 1 heterocycles. The predicted molar refractivity (Wildman–Crippen MR) is 86.5 cm³/mol. The molecule has 116 valence electrons. The van der Waals surface area contributed by atoms with Crippen LogP contribution in [0.15, 0.2) is 24.3 Å². The lowest BCUT2D eigenvalue weighted by Crippen LogP contribution is -2.53. The second kappa shape index (κ2) is 7.25. The summed E-state index contributed by atoms with van der Waals surface area (Å²) in [6.07, 6.45) is 0. The number of rotatable bonds is 4. The number of likely N-dealkylation sites (N-methyl/N-ethyl adjacent to an activating group) is 1. The van der Waals surface area contributed by atoms with Crippen molar-refractivity contribution in [2.24, 2.45) is 0 Å². The number of benzene rings is 1. The number of hydrogen-bond acceptors (Lipinski definition) is 3. The standard InChI is InChI=1S/C16H24ClN3O/c1-12(14-4-6-15(17)7-5-14)19(3)16(21)13(2)20-10-8-18-9-11-20/h4-7,12-13,18H,8-11H2,1-3H3. The van der Waals surface area contributed by atoms with Gasteiger partial charge >= 0.3 is 0 Å². The lowest BCUT2D eigenvalue weighted by Gasteiger charge is -2.35. The van der Waals surface area contributed by atoms with Gasteiger partial charge in [0.05, 0.1) is 12.1 Å². The Morgan fingerprint density at radius 2 is 1.81 bits per heavy atom. The van der Waals surface area contributed by atoms with Gasteiger partial charge in [0.2, 0.25) is 5.91 Å². The number of carbonyl (C=O) groups is 1. The maximum atomic E-state index is 12.7. The summed E-state index contributed by atoms with van der Waals surface area (Å²) in [6.45, 7) is 7.80. The van der Waals surface area contributed by atoms with Crippen LogP contribution in [0.5, 0.6) is 0 Å². The van der Waals surface area contributed by atoms with E-state index in [0.29, 0.717) is 5.02 Å². The van der Waals surface area contributed by atoms with Crippen LogP contribution in [0, 0.1) is 0 Å². The molecule has 0 aromatic heterocycles. The van der Waals surface area contributed by atoms with Crippen molar-refractivity contribution >= 4 is 17.5 Å². The van der Waals surface area contributed by atoms with Crippen molar-refractivity contribution in [1.29, 1.82) is 0 Å². The minimum Gasteiger partial charge on any atom is -0.338 e. The molecule has 21 heavy (non-hydrogen) atoms. The lowest BCUT2D eigenvalue weighted by molar-refractivity contribution is -0.137. The van der Waals surface area contributed by atoms with Crippen LogP contribution in [-0.2, 0) is 4.79 Å². The molecule has 1 amide bonds. The van der Waals surface area contributed by atoms with Crippen LogP contribution in [-0.4, -0.2) is 55.0 Å². The van der Waals surface area contributed by atoms with Crippen molar-refractivity contribution in [3.05, 3.63) is 34.9 Å². The second-order valence-corrected chi connectivity index (χ2v) is 6.08. The third-order valence-electron chi connectivity index (χ3n) is 4.34. The monoisotopic (exact) mass is 309 g/mol. The van der Waals surface area contributed by atoms with Gasteiger partial charge in [0, 0.05) is 38.2 Å². The summed E-state index contributed by atoms with van der Waals surface area (Å²) in [5, 5.41) is 4.03. The van der Waals surface area contributed by atoms with Gasteiger partial charge in [0.1, 0.15) is 0 Å². The molecule has 1 aliphatic rings. The molecule has 2 rings (SSSR count). The summed E-state index contributed by atoms with van der Waals surface area (Å²) >= 11 is 5.92. The van der Waals surface area contributed by atoms with E-state index in [-0.39, 0.29) is 18.0 Å². The quantitative estimate of drug-likeness (QED) is 0.926. The van der Waals surface area contributed by atoms with E-state index in [1.807, 2.05) is 50.1 Å². The molecule has 1 aromatic rings. The molecule has 0 spiro atoms. The molecule has 1 fully saturated rings. The second-order valence-electron chi connectivity index (χ2n) is 5.64. The van der Waals surface area contributed by atoms with Crippen molar-refractivity contribution in [3.8, 4) is 0 Å². The SMILES string of the molecule is CC(C(=O)N(C)C(C)c1ccc(Cl)cc1)N1CCNCC1. The Bertz CT molecular complexity index is 471. The van der Waals surface area contributed by atoms with Crippen molar-refractivity contribution in [2.75, 3.05) is 33.2 Å². The highest BCUT2D eigenvalue weighted by Crippen LogP contribution is 2.22. The number of nitrogens with one attached hydrogen (secondary N) is 1. The van der Waals surface area contributed by atoms with Crippen molar-refractivity contribution < 1.29 is 4.79 Å². The number of piperazine rings is 1. The van der Waals surface area contributed by atoms with E-state index in [2.05, 4.69) is 10.2 Å². The van der Waals surface area contributed by atoms with Crippen LogP contribution >= 0.6 is 11.6 Å². The van der Waals surface area contributed by atoms with Gasteiger partial charge in [-0.3, -0.25) is 9.69 Å². The summed E-state index contributed by atoms with van der Waals surface area (Å²) in [5.74, 6) is 0.166. The molecule has 0 bridgehead atoms. The molecule has 0 aliphatic carbocycles. The van der Waals surface area contributed by atoms with Crippen molar-refractivity contribution in [3.63, 3.8) is 0 Å². The van der Waals surface area contributed by atoms with Gasteiger partial charge in [0.15, 0.2) is 0 Å². The van der Waals surface area contributed by atoms with Crippen LogP contribution < -0.4 is 5.32 Å². The molecular weight excluding hydrogens is 286 g/mol. The molecule has 1 aromatic carbocycles. The average Bonchev–Trinajstić information content (AvgIpc) is 2.53.